The Balaban J connectivity index is 1.75. The summed E-state index contributed by atoms with van der Waals surface area (Å²) in [6, 6.07) is 10.4. The monoisotopic (exact) mass is 446 g/mol. The summed E-state index contributed by atoms with van der Waals surface area (Å²) in [5, 5.41) is 2.72. The van der Waals surface area contributed by atoms with Crippen molar-refractivity contribution in [1.82, 2.24) is 4.31 Å². The molecule has 0 radical (unpaired) electrons. The minimum absolute atomic E-state index is 0.0734. The van der Waals surface area contributed by atoms with Crippen LogP contribution in [0.4, 0.5) is 5.69 Å². The molecular weight excluding hydrogens is 416 g/mol. The van der Waals surface area contributed by atoms with Crippen LogP contribution in [0.2, 0.25) is 0 Å². The fraction of sp³-hybridized carbons (Fsp3) is 0.435. The number of benzene rings is 2. The Morgan fingerprint density at radius 3 is 2.32 bits per heavy atom. The summed E-state index contributed by atoms with van der Waals surface area (Å²) in [6.07, 6.45) is 2.71. The van der Waals surface area contributed by atoms with Crippen LogP contribution < -0.4 is 14.8 Å². The normalized spacial score (nSPS) is 14.8. The number of rotatable bonds is 8. The van der Waals surface area contributed by atoms with Crippen LogP contribution in [0.1, 0.15) is 37.3 Å². The van der Waals surface area contributed by atoms with Gasteiger partial charge in [-0.25, -0.2) is 8.42 Å². The van der Waals surface area contributed by atoms with Crippen molar-refractivity contribution in [3.63, 3.8) is 0 Å². The second-order valence-corrected chi connectivity index (χ2v) is 9.63. The van der Waals surface area contributed by atoms with E-state index in [9.17, 15) is 13.2 Å². The molecule has 1 heterocycles. The van der Waals surface area contributed by atoms with Crippen molar-refractivity contribution in [2.45, 2.75) is 44.9 Å². The van der Waals surface area contributed by atoms with Gasteiger partial charge in [0, 0.05) is 18.8 Å². The van der Waals surface area contributed by atoms with Crippen molar-refractivity contribution >= 4 is 21.6 Å². The van der Waals surface area contributed by atoms with Gasteiger partial charge in [-0.15, -0.1) is 0 Å². The third kappa shape index (κ3) is 5.98. The van der Waals surface area contributed by atoms with Gasteiger partial charge >= 0.3 is 0 Å². The van der Waals surface area contributed by atoms with E-state index in [-0.39, 0.29) is 23.2 Å². The summed E-state index contributed by atoms with van der Waals surface area (Å²) in [5.41, 5.74) is 2.48. The highest BCUT2D eigenvalue weighted by molar-refractivity contribution is 7.89. The van der Waals surface area contributed by atoms with Crippen LogP contribution in [0.15, 0.2) is 41.3 Å². The van der Waals surface area contributed by atoms with Crippen LogP contribution in [-0.2, 0) is 14.8 Å². The van der Waals surface area contributed by atoms with Crippen molar-refractivity contribution < 1.29 is 22.7 Å². The number of hydrogen-bond acceptors (Lipinski definition) is 5. The lowest BCUT2D eigenvalue weighted by Crippen LogP contribution is -2.35. The summed E-state index contributed by atoms with van der Waals surface area (Å²) in [4.78, 5) is 12.5. The van der Waals surface area contributed by atoms with Crippen LogP contribution >= 0.6 is 0 Å². The van der Waals surface area contributed by atoms with Gasteiger partial charge in [-0.05, 0) is 75.1 Å². The topological polar surface area (TPSA) is 84.9 Å². The molecule has 0 unspecified atom stereocenters. The number of nitrogens with one attached hydrogen (secondary N) is 1. The average molecular weight is 447 g/mol. The third-order valence-electron chi connectivity index (χ3n) is 5.03. The smallest absolute Gasteiger partial charge is 0.262 e. The molecular formula is C23H30N2O5S. The zero-order chi connectivity index (χ0) is 22.4. The van der Waals surface area contributed by atoms with Crippen molar-refractivity contribution in [2.75, 3.05) is 31.6 Å². The highest BCUT2D eigenvalue weighted by Gasteiger charge is 2.29. The Morgan fingerprint density at radius 1 is 1.00 bits per heavy atom. The van der Waals surface area contributed by atoms with E-state index in [0.717, 1.165) is 30.4 Å². The molecule has 1 aliphatic heterocycles. The predicted octanol–water partition coefficient (Wildman–Crippen LogP) is 3.89. The fourth-order valence-electron chi connectivity index (χ4n) is 3.67. The quantitative estimate of drug-likeness (QED) is 0.665. The van der Waals surface area contributed by atoms with Crippen molar-refractivity contribution in [3.05, 3.63) is 47.5 Å². The zero-order valence-corrected chi connectivity index (χ0v) is 19.1. The van der Waals surface area contributed by atoms with E-state index in [1.165, 1.54) is 10.4 Å². The van der Waals surface area contributed by atoms with E-state index < -0.39 is 10.0 Å². The number of carbonyl (C=O) groups is 1. The third-order valence-corrected chi connectivity index (χ3v) is 6.95. The van der Waals surface area contributed by atoms with Gasteiger partial charge in [0.15, 0.2) is 6.61 Å². The van der Waals surface area contributed by atoms with E-state index in [1.807, 2.05) is 32.0 Å². The molecule has 8 heteroatoms. The number of piperidine rings is 1. The number of amides is 1. The van der Waals surface area contributed by atoms with Crippen molar-refractivity contribution in [3.8, 4) is 11.5 Å². The summed E-state index contributed by atoms with van der Waals surface area (Å²) < 4.78 is 39.0. The number of hydrogen-bond donors (Lipinski definition) is 1. The Hall–Kier alpha value is -2.58. The highest BCUT2D eigenvalue weighted by Crippen LogP contribution is 2.31. The largest absolute Gasteiger partial charge is 0.492 e. The van der Waals surface area contributed by atoms with Crippen molar-refractivity contribution in [2.24, 2.45) is 0 Å². The molecule has 168 valence electrons. The van der Waals surface area contributed by atoms with Gasteiger partial charge in [0.1, 0.15) is 16.4 Å². The maximum atomic E-state index is 13.2. The molecule has 1 fully saturated rings. The molecule has 7 nitrogen and oxygen atoms in total. The molecule has 1 amide bonds. The molecule has 1 saturated heterocycles. The Labute approximate surface area is 184 Å². The molecule has 1 aliphatic rings. The van der Waals surface area contributed by atoms with E-state index in [4.69, 9.17) is 9.47 Å². The van der Waals surface area contributed by atoms with E-state index in [2.05, 4.69) is 5.32 Å². The highest BCUT2D eigenvalue weighted by atomic mass is 32.2. The predicted molar refractivity (Wildman–Crippen MR) is 120 cm³/mol. The minimum Gasteiger partial charge on any atom is -0.492 e. The molecule has 0 bridgehead atoms. The van der Waals surface area contributed by atoms with Gasteiger partial charge in [-0.1, -0.05) is 12.5 Å². The number of carbonyl (C=O) groups excluding carboxylic acids is 1. The second kappa shape index (κ2) is 10.2. The first kappa shape index (κ1) is 23.1. The standard InChI is InChI=1S/C23H30N2O5S/c1-4-29-21-9-8-19(15-22(21)31(27,28)25-10-6-5-7-11-25)24-23(26)16-30-20-13-17(2)12-18(3)14-20/h8-9,12-15H,4-7,10-11,16H2,1-3H3,(H,24,26). The summed E-state index contributed by atoms with van der Waals surface area (Å²) in [7, 11) is -3.71. The molecule has 3 rings (SSSR count). The molecule has 31 heavy (non-hydrogen) atoms. The molecule has 0 aliphatic carbocycles. The first-order chi connectivity index (χ1) is 14.8. The number of sulfonamides is 1. The Bertz CT molecular complexity index is 1010. The van der Waals surface area contributed by atoms with Gasteiger partial charge in [-0.2, -0.15) is 4.31 Å². The molecule has 1 N–H and O–H groups in total. The maximum absolute atomic E-state index is 13.2. The summed E-state index contributed by atoms with van der Waals surface area (Å²) in [5.74, 6) is 0.537. The number of aryl methyl sites for hydroxylation is 2. The number of nitrogens with zero attached hydrogens (tertiary/aromatic N) is 1. The van der Waals surface area contributed by atoms with Gasteiger partial charge in [-0.3, -0.25) is 4.79 Å². The maximum Gasteiger partial charge on any atom is 0.262 e. The first-order valence-corrected chi connectivity index (χ1v) is 12.0. The SMILES string of the molecule is CCOc1ccc(NC(=O)COc2cc(C)cc(C)c2)cc1S(=O)(=O)N1CCCCC1. The molecule has 0 atom stereocenters. The molecule has 2 aromatic rings. The fourth-order valence-corrected chi connectivity index (χ4v) is 5.34. The molecule has 0 spiro atoms. The molecule has 2 aromatic carbocycles. The van der Waals surface area contributed by atoms with Crippen LogP contribution in [0.25, 0.3) is 0 Å². The summed E-state index contributed by atoms with van der Waals surface area (Å²) in [6.45, 7) is 6.89. The Morgan fingerprint density at radius 2 is 1.68 bits per heavy atom. The lowest BCUT2D eigenvalue weighted by Gasteiger charge is -2.27. The molecule has 0 aromatic heterocycles. The van der Waals surface area contributed by atoms with E-state index in [0.29, 0.717) is 31.1 Å². The zero-order valence-electron chi connectivity index (χ0n) is 18.3. The number of ether oxygens (including phenoxy) is 2. The van der Waals surface area contributed by atoms with Crippen molar-refractivity contribution in [1.29, 1.82) is 0 Å². The van der Waals surface area contributed by atoms with Gasteiger partial charge in [0.25, 0.3) is 5.91 Å². The van der Waals surface area contributed by atoms with E-state index in [1.54, 1.807) is 19.1 Å². The first-order valence-electron chi connectivity index (χ1n) is 10.6. The average Bonchev–Trinajstić information content (AvgIpc) is 2.73. The van der Waals surface area contributed by atoms with Crippen LogP contribution in [0.3, 0.4) is 0 Å². The molecule has 0 saturated carbocycles. The lowest BCUT2D eigenvalue weighted by atomic mass is 10.1. The van der Waals surface area contributed by atoms with Crippen LogP contribution in [-0.4, -0.2) is 44.9 Å². The van der Waals surface area contributed by atoms with Gasteiger partial charge in [0.05, 0.1) is 6.61 Å². The van der Waals surface area contributed by atoms with Gasteiger partial charge in [0.2, 0.25) is 10.0 Å². The lowest BCUT2D eigenvalue weighted by molar-refractivity contribution is -0.118. The minimum atomic E-state index is -3.71. The van der Waals surface area contributed by atoms with Gasteiger partial charge < -0.3 is 14.8 Å². The van der Waals surface area contributed by atoms with Crippen LogP contribution in [0.5, 0.6) is 11.5 Å². The van der Waals surface area contributed by atoms with E-state index >= 15 is 0 Å². The summed E-state index contributed by atoms with van der Waals surface area (Å²) >= 11 is 0. The van der Waals surface area contributed by atoms with Crippen LogP contribution in [0, 0.1) is 13.8 Å². The Kier molecular flexibility index (Phi) is 7.56. The second-order valence-electron chi connectivity index (χ2n) is 7.72. The number of anilines is 1.